The van der Waals surface area contributed by atoms with Crippen LogP contribution >= 0.6 is 11.6 Å². The van der Waals surface area contributed by atoms with Gasteiger partial charge in [-0.15, -0.1) is 0 Å². The Morgan fingerprint density at radius 2 is 1.67 bits per heavy atom. The van der Waals surface area contributed by atoms with Crippen molar-refractivity contribution in [2.75, 3.05) is 7.05 Å². The average Bonchev–Trinajstić information content (AvgIpc) is 2.81. The molecule has 0 fully saturated rings. The van der Waals surface area contributed by atoms with Gasteiger partial charge in [0.25, 0.3) is 0 Å². The average molecular weight is 310 g/mol. The molecule has 0 saturated carbocycles. The fraction of sp³-hybridized carbons (Fsp3) is 0.600. The topological polar surface area (TPSA) is 47.7 Å². The Labute approximate surface area is 131 Å². The molecule has 2 rings (SSSR count). The van der Waals surface area contributed by atoms with Gasteiger partial charge in [-0.25, -0.2) is 0 Å². The Hall–Kier alpha value is -1.33. The summed E-state index contributed by atoms with van der Waals surface area (Å²) in [4.78, 5) is 0. The van der Waals surface area contributed by atoms with E-state index < -0.39 is 0 Å². The first-order valence-electron chi connectivity index (χ1n) is 7.19. The van der Waals surface area contributed by atoms with E-state index in [2.05, 4.69) is 29.4 Å². The van der Waals surface area contributed by atoms with Crippen LogP contribution in [0.5, 0.6) is 0 Å². The van der Waals surface area contributed by atoms with E-state index in [4.69, 9.17) is 11.6 Å². The molecule has 0 spiro atoms. The minimum absolute atomic E-state index is 0.305. The maximum absolute atomic E-state index is 6.36. The van der Waals surface area contributed by atoms with Crippen molar-refractivity contribution < 1.29 is 0 Å². The number of halogens is 1. The molecule has 116 valence electrons. The molecule has 1 unspecified atom stereocenters. The summed E-state index contributed by atoms with van der Waals surface area (Å²) in [6.45, 7) is 6.12. The van der Waals surface area contributed by atoms with Crippen LogP contribution < -0.4 is 5.32 Å². The largest absolute Gasteiger partial charge is 0.316 e. The van der Waals surface area contributed by atoms with Gasteiger partial charge in [0.05, 0.1) is 22.1 Å². The number of likely N-dealkylation sites (N-methyl/N-ethyl adjacent to an activating group) is 1. The molecular weight excluding hydrogens is 286 g/mol. The first kappa shape index (κ1) is 16.0. The summed E-state index contributed by atoms with van der Waals surface area (Å²) in [7, 11) is 5.92. The van der Waals surface area contributed by atoms with E-state index >= 15 is 0 Å². The number of aromatic nitrogens is 4. The van der Waals surface area contributed by atoms with Gasteiger partial charge in [0.2, 0.25) is 0 Å². The number of nitrogens with zero attached hydrogens (tertiary/aromatic N) is 4. The molecule has 5 nitrogen and oxygen atoms in total. The zero-order valence-corrected chi connectivity index (χ0v) is 14.4. The van der Waals surface area contributed by atoms with Gasteiger partial charge in [0.15, 0.2) is 0 Å². The summed E-state index contributed by atoms with van der Waals surface area (Å²) < 4.78 is 3.82. The predicted molar refractivity (Wildman–Crippen MR) is 85.9 cm³/mol. The monoisotopic (exact) mass is 309 g/mol. The molecule has 0 radical (unpaired) electrons. The van der Waals surface area contributed by atoms with Crippen LogP contribution in [0.3, 0.4) is 0 Å². The third-order valence-corrected chi connectivity index (χ3v) is 4.71. The molecule has 6 heteroatoms. The molecule has 0 aromatic carbocycles. The van der Waals surface area contributed by atoms with Gasteiger partial charge in [0, 0.05) is 32.3 Å². The van der Waals surface area contributed by atoms with Gasteiger partial charge < -0.3 is 5.32 Å². The fourth-order valence-electron chi connectivity index (χ4n) is 2.77. The molecule has 0 amide bonds. The van der Waals surface area contributed by atoms with E-state index in [0.717, 1.165) is 34.9 Å². The lowest BCUT2D eigenvalue weighted by Gasteiger charge is -2.17. The molecule has 0 bridgehead atoms. The summed E-state index contributed by atoms with van der Waals surface area (Å²) >= 11 is 6.36. The lowest BCUT2D eigenvalue weighted by Crippen LogP contribution is -2.31. The van der Waals surface area contributed by atoms with Crippen molar-refractivity contribution in [2.24, 2.45) is 14.1 Å². The van der Waals surface area contributed by atoms with Crippen molar-refractivity contribution in [1.29, 1.82) is 0 Å². The number of aryl methyl sites for hydroxylation is 4. The van der Waals surface area contributed by atoms with E-state index in [9.17, 15) is 0 Å². The Morgan fingerprint density at radius 1 is 1.05 bits per heavy atom. The standard InChI is InChI=1S/C15H24ClN5/c1-9-13(11(3)20(5)18-9)7-12(17-4)8-14-15(16)10(2)19-21(14)6/h12,17H,7-8H2,1-6H3. The van der Waals surface area contributed by atoms with Crippen LogP contribution in [-0.4, -0.2) is 32.7 Å². The van der Waals surface area contributed by atoms with Crippen LogP contribution in [0.4, 0.5) is 0 Å². The minimum Gasteiger partial charge on any atom is -0.316 e. The highest BCUT2D eigenvalue weighted by Gasteiger charge is 2.19. The number of hydrogen-bond acceptors (Lipinski definition) is 3. The zero-order valence-electron chi connectivity index (χ0n) is 13.7. The van der Waals surface area contributed by atoms with E-state index in [1.165, 1.54) is 11.3 Å². The number of rotatable bonds is 5. The minimum atomic E-state index is 0.305. The van der Waals surface area contributed by atoms with Crippen molar-refractivity contribution in [3.05, 3.63) is 33.4 Å². The van der Waals surface area contributed by atoms with Gasteiger partial charge in [-0.05, 0) is 39.8 Å². The molecule has 0 aliphatic heterocycles. The summed E-state index contributed by atoms with van der Waals surface area (Å²) in [6, 6.07) is 0.305. The van der Waals surface area contributed by atoms with Crippen molar-refractivity contribution in [2.45, 2.75) is 39.7 Å². The molecule has 0 aliphatic carbocycles. The summed E-state index contributed by atoms with van der Waals surface area (Å²) in [6.07, 6.45) is 1.78. The van der Waals surface area contributed by atoms with E-state index in [0.29, 0.717) is 6.04 Å². The second-order valence-corrected chi connectivity index (χ2v) is 6.01. The first-order valence-corrected chi connectivity index (χ1v) is 7.57. The van der Waals surface area contributed by atoms with Crippen LogP contribution in [0.25, 0.3) is 0 Å². The van der Waals surface area contributed by atoms with Crippen molar-refractivity contribution >= 4 is 11.6 Å². The molecule has 1 N–H and O–H groups in total. The Kier molecular flexibility index (Phi) is 4.74. The Morgan fingerprint density at radius 3 is 2.10 bits per heavy atom. The van der Waals surface area contributed by atoms with E-state index in [1.807, 2.05) is 37.4 Å². The molecule has 0 aliphatic rings. The molecule has 2 heterocycles. The first-order chi connectivity index (χ1) is 9.85. The fourth-order valence-corrected chi connectivity index (χ4v) is 3.01. The third kappa shape index (κ3) is 3.14. The Balaban J connectivity index is 2.21. The van der Waals surface area contributed by atoms with Gasteiger partial charge in [-0.3, -0.25) is 9.36 Å². The van der Waals surface area contributed by atoms with Gasteiger partial charge in [0.1, 0.15) is 0 Å². The van der Waals surface area contributed by atoms with Gasteiger partial charge >= 0.3 is 0 Å². The quantitative estimate of drug-likeness (QED) is 0.920. The maximum Gasteiger partial charge on any atom is 0.0847 e. The van der Waals surface area contributed by atoms with Crippen molar-refractivity contribution in [3.63, 3.8) is 0 Å². The third-order valence-electron chi connectivity index (χ3n) is 4.22. The van der Waals surface area contributed by atoms with Gasteiger partial charge in [-0.2, -0.15) is 10.2 Å². The van der Waals surface area contributed by atoms with Gasteiger partial charge in [-0.1, -0.05) is 11.6 Å². The smallest absolute Gasteiger partial charge is 0.0847 e. The van der Waals surface area contributed by atoms with Crippen molar-refractivity contribution in [3.8, 4) is 0 Å². The summed E-state index contributed by atoms with van der Waals surface area (Å²) in [5.74, 6) is 0. The van der Waals surface area contributed by atoms with Crippen LogP contribution in [0.15, 0.2) is 0 Å². The zero-order chi connectivity index (χ0) is 15.7. The second-order valence-electron chi connectivity index (χ2n) is 5.64. The number of nitrogens with one attached hydrogen (secondary N) is 1. The number of hydrogen-bond donors (Lipinski definition) is 1. The highest BCUT2D eigenvalue weighted by Crippen LogP contribution is 2.22. The molecule has 1 atom stereocenters. The van der Waals surface area contributed by atoms with Crippen LogP contribution in [0.2, 0.25) is 5.02 Å². The maximum atomic E-state index is 6.36. The SMILES string of the molecule is CNC(Cc1c(C)nn(C)c1C)Cc1c(Cl)c(C)nn1C. The lowest BCUT2D eigenvalue weighted by molar-refractivity contribution is 0.531. The van der Waals surface area contributed by atoms with E-state index in [-0.39, 0.29) is 0 Å². The van der Waals surface area contributed by atoms with E-state index in [1.54, 1.807) is 0 Å². The van der Waals surface area contributed by atoms with Crippen LogP contribution in [0, 0.1) is 20.8 Å². The summed E-state index contributed by atoms with van der Waals surface area (Å²) in [5, 5.41) is 13.0. The lowest BCUT2D eigenvalue weighted by atomic mass is 10.00. The second kappa shape index (κ2) is 6.20. The predicted octanol–water partition coefficient (Wildman–Crippen LogP) is 2.11. The Bertz CT molecular complexity index is 587. The highest BCUT2D eigenvalue weighted by atomic mass is 35.5. The van der Waals surface area contributed by atoms with Crippen LogP contribution in [0.1, 0.15) is 28.3 Å². The van der Waals surface area contributed by atoms with Crippen molar-refractivity contribution in [1.82, 2.24) is 24.9 Å². The highest BCUT2D eigenvalue weighted by molar-refractivity contribution is 6.31. The summed E-state index contributed by atoms with van der Waals surface area (Å²) in [5.41, 5.74) is 5.60. The normalized spacial score (nSPS) is 12.9. The molecule has 2 aromatic heterocycles. The molecule has 0 saturated heterocycles. The molecule has 2 aromatic rings. The molecular formula is C15H24ClN5. The molecule has 21 heavy (non-hydrogen) atoms. The van der Waals surface area contributed by atoms with Crippen LogP contribution in [-0.2, 0) is 26.9 Å².